The molecular formula is C57H106O6. The van der Waals surface area contributed by atoms with Crippen LogP contribution in [0.2, 0.25) is 0 Å². The molecule has 0 saturated carbocycles. The van der Waals surface area contributed by atoms with Gasteiger partial charge in [-0.2, -0.15) is 0 Å². The molecule has 0 aromatic rings. The zero-order valence-electron chi connectivity index (χ0n) is 42.4. The predicted molar refractivity (Wildman–Crippen MR) is 270 cm³/mol. The lowest BCUT2D eigenvalue weighted by Gasteiger charge is -2.18. The molecule has 6 nitrogen and oxygen atoms in total. The molecule has 370 valence electrons. The van der Waals surface area contributed by atoms with Crippen molar-refractivity contribution in [3.8, 4) is 0 Å². The number of hydrogen-bond donors (Lipinski definition) is 0. The Kier molecular flexibility index (Phi) is 50.8. The van der Waals surface area contributed by atoms with Gasteiger partial charge in [0.1, 0.15) is 13.2 Å². The Bertz CT molecular complexity index is 1020. The van der Waals surface area contributed by atoms with Gasteiger partial charge in [-0.15, -0.1) is 0 Å². The van der Waals surface area contributed by atoms with E-state index >= 15 is 0 Å². The Labute approximate surface area is 392 Å². The second kappa shape index (κ2) is 52.5. The highest BCUT2D eigenvalue weighted by Gasteiger charge is 2.19. The summed E-state index contributed by atoms with van der Waals surface area (Å²) in [5.41, 5.74) is 0. The van der Waals surface area contributed by atoms with Crippen LogP contribution in [0.1, 0.15) is 303 Å². The first-order chi connectivity index (χ1) is 31.0. The lowest BCUT2D eigenvalue weighted by Crippen LogP contribution is -2.30. The van der Waals surface area contributed by atoms with Gasteiger partial charge in [0, 0.05) is 19.3 Å². The molecule has 1 atom stereocenters. The monoisotopic (exact) mass is 887 g/mol. The Hall–Kier alpha value is -2.11. The summed E-state index contributed by atoms with van der Waals surface area (Å²) in [4.78, 5) is 37.9. The number of allylic oxidation sites excluding steroid dienone is 4. The summed E-state index contributed by atoms with van der Waals surface area (Å²) in [5.74, 6) is -0.856. The van der Waals surface area contributed by atoms with Gasteiger partial charge in [-0.05, 0) is 51.4 Å². The summed E-state index contributed by atoms with van der Waals surface area (Å²) in [7, 11) is 0. The van der Waals surface area contributed by atoms with Crippen molar-refractivity contribution in [2.24, 2.45) is 0 Å². The number of unbranched alkanes of at least 4 members (excludes halogenated alkanes) is 36. The molecule has 0 bridgehead atoms. The summed E-state index contributed by atoms with van der Waals surface area (Å²) in [6, 6.07) is 0. The molecule has 0 spiro atoms. The maximum absolute atomic E-state index is 12.8. The van der Waals surface area contributed by atoms with Crippen molar-refractivity contribution >= 4 is 17.9 Å². The van der Waals surface area contributed by atoms with Gasteiger partial charge < -0.3 is 14.2 Å². The third kappa shape index (κ3) is 50.7. The highest BCUT2D eigenvalue weighted by molar-refractivity contribution is 5.71. The van der Waals surface area contributed by atoms with Gasteiger partial charge in [0.05, 0.1) is 0 Å². The van der Waals surface area contributed by atoms with Crippen molar-refractivity contribution < 1.29 is 28.6 Å². The Morgan fingerprint density at radius 3 is 0.873 bits per heavy atom. The Balaban J connectivity index is 4.10. The van der Waals surface area contributed by atoms with E-state index in [0.717, 1.165) is 64.2 Å². The zero-order valence-corrected chi connectivity index (χ0v) is 42.4. The van der Waals surface area contributed by atoms with Crippen molar-refractivity contribution in [2.45, 2.75) is 309 Å². The van der Waals surface area contributed by atoms with E-state index < -0.39 is 6.10 Å². The van der Waals surface area contributed by atoms with E-state index in [4.69, 9.17) is 14.2 Å². The first-order valence-electron chi connectivity index (χ1n) is 27.8. The molecule has 0 N–H and O–H groups in total. The zero-order chi connectivity index (χ0) is 45.8. The number of esters is 3. The number of rotatable bonds is 51. The van der Waals surface area contributed by atoms with Crippen LogP contribution in [0.5, 0.6) is 0 Å². The first kappa shape index (κ1) is 60.9. The fraction of sp³-hybridized carbons (Fsp3) is 0.877. The normalized spacial score (nSPS) is 12.1. The second-order valence-corrected chi connectivity index (χ2v) is 18.9. The molecule has 0 saturated heterocycles. The molecule has 0 aliphatic rings. The predicted octanol–water partition coefficient (Wildman–Crippen LogP) is 18.3. The molecule has 0 radical (unpaired) electrons. The van der Waals surface area contributed by atoms with Gasteiger partial charge >= 0.3 is 17.9 Å². The van der Waals surface area contributed by atoms with Gasteiger partial charge in [-0.1, -0.05) is 257 Å². The molecule has 0 aromatic heterocycles. The minimum absolute atomic E-state index is 0.0665. The summed E-state index contributed by atoms with van der Waals surface area (Å²) < 4.78 is 16.8. The number of hydrogen-bond acceptors (Lipinski definition) is 6. The van der Waals surface area contributed by atoms with Crippen LogP contribution in [0.25, 0.3) is 0 Å². The van der Waals surface area contributed by atoms with E-state index in [-0.39, 0.29) is 31.1 Å². The summed E-state index contributed by atoms with van der Waals surface area (Å²) in [5, 5.41) is 0. The fourth-order valence-corrected chi connectivity index (χ4v) is 8.24. The van der Waals surface area contributed by atoms with E-state index in [1.165, 1.54) is 199 Å². The topological polar surface area (TPSA) is 78.9 Å². The van der Waals surface area contributed by atoms with Gasteiger partial charge in [0.15, 0.2) is 6.10 Å². The standard InChI is InChI=1S/C57H106O6/c1-4-7-10-13-16-19-21-23-24-25-26-27-28-29-30-31-32-33-34-35-37-38-41-44-47-50-56(59)62-53-54(52-61-55(58)49-46-43-40-18-15-12-9-6-3)63-57(60)51-48-45-42-39-36-22-20-17-14-11-8-5-2/h21,23,25-26,54H,4-20,22,24,27-53H2,1-3H3/b23-21-,26-25-. The first-order valence-corrected chi connectivity index (χ1v) is 27.8. The third-order valence-electron chi connectivity index (χ3n) is 12.5. The van der Waals surface area contributed by atoms with E-state index in [2.05, 4.69) is 45.1 Å². The molecule has 0 fully saturated rings. The van der Waals surface area contributed by atoms with E-state index in [0.29, 0.717) is 19.3 Å². The molecule has 0 aromatic carbocycles. The van der Waals surface area contributed by atoms with Crippen molar-refractivity contribution in [1.29, 1.82) is 0 Å². The van der Waals surface area contributed by atoms with Crippen LogP contribution in [0.3, 0.4) is 0 Å². The smallest absolute Gasteiger partial charge is 0.306 e. The van der Waals surface area contributed by atoms with Crippen LogP contribution >= 0.6 is 0 Å². The molecular weight excluding hydrogens is 781 g/mol. The van der Waals surface area contributed by atoms with E-state index in [9.17, 15) is 14.4 Å². The molecule has 0 amide bonds. The van der Waals surface area contributed by atoms with Crippen molar-refractivity contribution in [3.05, 3.63) is 24.3 Å². The maximum Gasteiger partial charge on any atom is 0.306 e. The highest BCUT2D eigenvalue weighted by atomic mass is 16.6. The van der Waals surface area contributed by atoms with Gasteiger partial charge in [-0.3, -0.25) is 14.4 Å². The molecule has 0 heterocycles. The highest BCUT2D eigenvalue weighted by Crippen LogP contribution is 2.16. The average molecular weight is 887 g/mol. The van der Waals surface area contributed by atoms with Crippen molar-refractivity contribution in [1.82, 2.24) is 0 Å². The van der Waals surface area contributed by atoms with Gasteiger partial charge in [0.25, 0.3) is 0 Å². The minimum Gasteiger partial charge on any atom is -0.462 e. The Morgan fingerprint density at radius 2 is 0.571 bits per heavy atom. The van der Waals surface area contributed by atoms with Crippen LogP contribution in [-0.2, 0) is 28.6 Å². The van der Waals surface area contributed by atoms with Crippen LogP contribution in [-0.4, -0.2) is 37.2 Å². The maximum atomic E-state index is 12.8. The van der Waals surface area contributed by atoms with E-state index in [1.807, 2.05) is 0 Å². The quantitative estimate of drug-likeness (QED) is 0.0262. The lowest BCUT2D eigenvalue weighted by atomic mass is 10.0. The molecule has 1 unspecified atom stereocenters. The number of carbonyl (C=O) groups is 3. The van der Waals surface area contributed by atoms with Crippen LogP contribution in [0, 0.1) is 0 Å². The minimum atomic E-state index is -0.763. The molecule has 0 aliphatic heterocycles. The van der Waals surface area contributed by atoms with Crippen LogP contribution in [0.4, 0.5) is 0 Å². The summed E-state index contributed by atoms with van der Waals surface area (Å²) >= 11 is 0. The Morgan fingerprint density at radius 1 is 0.317 bits per heavy atom. The largest absolute Gasteiger partial charge is 0.462 e. The van der Waals surface area contributed by atoms with Crippen molar-refractivity contribution in [2.75, 3.05) is 13.2 Å². The van der Waals surface area contributed by atoms with Crippen molar-refractivity contribution in [3.63, 3.8) is 0 Å². The number of ether oxygens (including phenoxy) is 3. The summed E-state index contributed by atoms with van der Waals surface area (Å²) in [6.07, 6.45) is 60.4. The molecule has 0 rings (SSSR count). The SMILES string of the molecule is CCCCCCC/C=C\C/C=C\CCCCCCCCCCCCCCCC(=O)OCC(COC(=O)CCCCCCCCCC)OC(=O)CCCCCCCCCCCCCC. The van der Waals surface area contributed by atoms with Crippen LogP contribution < -0.4 is 0 Å². The molecule has 0 aliphatic carbocycles. The lowest BCUT2D eigenvalue weighted by molar-refractivity contribution is -0.167. The van der Waals surface area contributed by atoms with E-state index in [1.54, 1.807) is 0 Å². The molecule has 6 heteroatoms. The number of carbonyl (C=O) groups excluding carboxylic acids is 3. The van der Waals surface area contributed by atoms with Crippen LogP contribution in [0.15, 0.2) is 24.3 Å². The molecule has 63 heavy (non-hydrogen) atoms. The third-order valence-corrected chi connectivity index (χ3v) is 12.5. The summed E-state index contributed by atoms with van der Waals surface area (Å²) in [6.45, 7) is 6.63. The van der Waals surface area contributed by atoms with Gasteiger partial charge in [-0.25, -0.2) is 0 Å². The average Bonchev–Trinajstić information content (AvgIpc) is 3.28. The van der Waals surface area contributed by atoms with Gasteiger partial charge in [0.2, 0.25) is 0 Å². The second-order valence-electron chi connectivity index (χ2n) is 18.9. The fourth-order valence-electron chi connectivity index (χ4n) is 8.24.